The lowest BCUT2D eigenvalue weighted by molar-refractivity contribution is 0.0698. The molecule has 0 unspecified atom stereocenters. The number of rotatable bonds is 4. The molecule has 0 aliphatic carbocycles. The van der Waals surface area contributed by atoms with Gasteiger partial charge in [-0.15, -0.1) is 16.4 Å². The number of hydrogen-bond donors (Lipinski definition) is 2. The number of carbonyl (C=O) groups is 1. The van der Waals surface area contributed by atoms with Crippen molar-refractivity contribution in [1.82, 2.24) is 9.59 Å². The second kappa shape index (κ2) is 4.39. The number of carboxylic acids is 1. The smallest absolute Gasteiger partial charge is 0.347 e. The molecule has 0 saturated heterocycles. The zero-order chi connectivity index (χ0) is 12.5. The Kier molecular flexibility index (Phi) is 3.09. The lowest BCUT2D eigenvalue weighted by atomic mass is 10.5. The van der Waals surface area contributed by atoms with Gasteiger partial charge in [0.05, 0.1) is 6.20 Å². The molecule has 0 aromatic carbocycles. The molecule has 0 aliphatic heterocycles. The Bertz CT molecular complexity index is 631. The molecular weight excluding hydrogens is 286 g/mol. The van der Waals surface area contributed by atoms with Gasteiger partial charge in [0.1, 0.15) is 14.8 Å². The third-order valence-electron chi connectivity index (χ3n) is 1.71. The molecule has 0 aliphatic rings. The first-order chi connectivity index (χ1) is 8.00. The van der Waals surface area contributed by atoms with Crippen LogP contribution < -0.4 is 4.72 Å². The molecule has 7 nitrogen and oxygen atoms in total. The van der Waals surface area contributed by atoms with E-state index in [0.717, 1.165) is 22.9 Å². The summed E-state index contributed by atoms with van der Waals surface area (Å²) in [4.78, 5) is 10.3. The average molecular weight is 291 g/mol. The van der Waals surface area contributed by atoms with Crippen LogP contribution in [0.3, 0.4) is 0 Å². The summed E-state index contributed by atoms with van der Waals surface area (Å²) < 4.78 is 29.4. The van der Waals surface area contributed by atoms with Crippen molar-refractivity contribution in [2.75, 3.05) is 4.72 Å². The van der Waals surface area contributed by atoms with E-state index < -0.39 is 16.0 Å². The number of carboxylic acid groups (broad SMARTS) is 1. The molecule has 90 valence electrons. The molecule has 10 heteroatoms. The zero-order valence-corrected chi connectivity index (χ0v) is 10.5. The fourth-order valence-corrected chi connectivity index (χ4v) is 4.01. The van der Waals surface area contributed by atoms with E-state index in [4.69, 9.17) is 5.11 Å². The topological polar surface area (TPSA) is 109 Å². The average Bonchev–Trinajstić information content (AvgIpc) is 2.84. The molecule has 0 bridgehead atoms. The van der Waals surface area contributed by atoms with Crippen LogP contribution in [0.5, 0.6) is 0 Å². The van der Waals surface area contributed by atoms with Crippen molar-refractivity contribution in [2.24, 2.45) is 0 Å². The molecular formula is C7H5N3O4S3. The molecule has 0 atom stereocenters. The number of sulfonamides is 1. The van der Waals surface area contributed by atoms with E-state index in [1.54, 1.807) is 0 Å². The Morgan fingerprint density at radius 3 is 2.82 bits per heavy atom. The van der Waals surface area contributed by atoms with Gasteiger partial charge < -0.3 is 5.11 Å². The monoisotopic (exact) mass is 291 g/mol. The standard InChI is InChI=1S/C7H5N3O4S3/c11-7(12)6-4(1-2-15-6)17(13,14)9-5-3-8-10-16-5/h1-3,9H,(H,11,12). The van der Waals surface area contributed by atoms with Gasteiger partial charge in [-0.3, -0.25) is 4.72 Å². The molecule has 2 rings (SSSR count). The fourth-order valence-electron chi connectivity index (χ4n) is 1.06. The number of anilines is 1. The predicted octanol–water partition coefficient (Wildman–Crippen LogP) is 1.10. The van der Waals surface area contributed by atoms with Crippen molar-refractivity contribution in [3.05, 3.63) is 22.5 Å². The van der Waals surface area contributed by atoms with Crippen LogP contribution in [0.25, 0.3) is 0 Å². The molecule has 0 saturated carbocycles. The maximum atomic E-state index is 11.9. The Balaban J connectivity index is 2.38. The number of thiophene rings is 1. The third-order valence-corrected chi connectivity index (χ3v) is 4.86. The molecule has 17 heavy (non-hydrogen) atoms. The van der Waals surface area contributed by atoms with Crippen LogP contribution >= 0.6 is 22.9 Å². The summed E-state index contributed by atoms with van der Waals surface area (Å²) in [6.45, 7) is 0. The van der Waals surface area contributed by atoms with E-state index in [-0.39, 0.29) is 14.8 Å². The maximum absolute atomic E-state index is 11.9. The Morgan fingerprint density at radius 2 is 2.24 bits per heavy atom. The summed E-state index contributed by atoms with van der Waals surface area (Å²) in [6, 6.07) is 1.24. The summed E-state index contributed by atoms with van der Waals surface area (Å²) in [6.07, 6.45) is 1.25. The van der Waals surface area contributed by atoms with E-state index in [1.165, 1.54) is 17.6 Å². The van der Waals surface area contributed by atoms with E-state index in [0.29, 0.717) is 0 Å². The minimum Gasteiger partial charge on any atom is -0.477 e. The lowest BCUT2D eigenvalue weighted by Crippen LogP contribution is -2.14. The number of nitrogens with one attached hydrogen (secondary N) is 1. The van der Waals surface area contributed by atoms with Gasteiger partial charge in [0.25, 0.3) is 10.0 Å². The van der Waals surface area contributed by atoms with Crippen LogP contribution in [0.2, 0.25) is 0 Å². The van der Waals surface area contributed by atoms with Crippen molar-refractivity contribution in [2.45, 2.75) is 4.90 Å². The van der Waals surface area contributed by atoms with Gasteiger partial charge in [-0.2, -0.15) is 0 Å². The maximum Gasteiger partial charge on any atom is 0.347 e. The van der Waals surface area contributed by atoms with Crippen LogP contribution in [0.1, 0.15) is 9.67 Å². The Labute approximate surface area is 104 Å². The molecule has 2 N–H and O–H groups in total. The van der Waals surface area contributed by atoms with Crippen molar-refractivity contribution < 1.29 is 18.3 Å². The third kappa shape index (κ3) is 2.43. The molecule has 0 amide bonds. The summed E-state index contributed by atoms with van der Waals surface area (Å²) in [5, 5.41) is 13.9. The highest BCUT2D eigenvalue weighted by molar-refractivity contribution is 7.93. The normalized spacial score (nSPS) is 11.3. The van der Waals surface area contributed by atoms with E-state index in [1.807, 2.05) is 0 Å². The molecule has 2 aromatic rings. The van der Waals surface area contributed by atoms with E-state index in [2.05, 4.69) is 14.3 Å². The summed E-state index contributed by atoms with van der Waals surface area (Å²) >= 11 is 1.72. The molecule has 2 heterocycles. The first-order valence-corrected chi connectivity index (χ1v) is 7.25. The van der Waals surface area contributed by atoms with Crippen LogP contribution in [0.4, 0.5) is 5.00 Å². The van der Waals surface area contributed by atoms with Crippen LogP contribution in [-0.4, -0.2) is 29.1 Å². The Hall–Kier alpha value is -1.52. The van der Waals surface area contributed by atoms with Gasteiger partial charge in [-0.1, -0.05) is 4.49 Å². The number of aromatic carboxylic acids is 1. The van der Waals surface area contributed by atoms with Gasteiger partial charge in [-0.05, 0) is 11.4 Å². The molecule has 2 aromatic heterocycles. The van der Waals surface area contributed by atoms with Crippen molar-refractivity contribution in [3.63, 3.8) is 0 Å². The largest absolute Gasteiger partial charge is 0.477 e. The van der Waals surface area contributed by atoms with E-state index in [9.17, 15) is 13.2 Å². The highest BCUT2D eigenvalue weighted by Crippen LogP contribution is 2.24. The second-order valence-electron chi connectivity index (χ2n) is 2.81. The summed E-state index contributed by atoms with van der Waals surface area (Å²) in [7, 11) is -3.91. The van der Waals surface area contributed by atoms with E-state index >= 15 is 0 Å². The molecule has 0 radical (unpaired) electrons. The van der Waals surface area contributed by atoms with Crippen LogP contribution in [0.15, 0.2) is 22.5 Å². The highest BCUT2D eigenvalue weighted by Gasteiger charge is 2.24. The van der Waals surface area contributed by atoms with Gasteiger partial charge >= 0.3 is 5.97 Å². The van der Waals surface area contributed by atoms with Crippen molar-refractivity contribution >= 4 is 43.9 Å². The van der Waals surface area contributed by atoms with Crippen LogP contribution in [0, 0.1) is 0 Å². The molecule has 0 fully saturated rings. The fraction of sp³-hybridized carbons (Fsp3) is 0. The minimum atomic E-state index is -3.91. The van der Waals surface area contributed by atoms with Crippen LogP contribution in [-0.2, 0) is 10.0 Å². The number of nitrogens with zero attached hydrogens (tertiary/aromatic N) is 2. The van der Waals surface area contributed by atoms with Crippen molar-refractivity contribution in [1.29, 1.82) is 0 Å². The highest BCUT2D eigenvalue weighted by atomic mass is 32.2. The quantitative estimate of drug-likeness (QED) is 0.873. The van der Waals surface area contributed by atoms with Gasteiger partial charge in [0.15, 0.2) is 0 Å². The summed E-state index contributed by atoms with van der Waals surface area (Å²) in [5.41, 5.74) is 0. The Morgan fingerprint density at radius 1 is 1.47 bits per heavy atom. The van der Waals surface area contributed by atoms with Gasteiger partial charge in [0, 0.05) is 11.5 Å². The number of aromatic nitrogens is 2. The first-order valence-electron chi connectivity index (χ1n) is 4.11. The SMILES string of the molecule is O=C(O)c1sccc1S(=O)(=O)Nc1cnns1. The second-order valence-corrected chi connectivity index (χ2v) is 6.16. The summed E-state index contributed by atoms with van der Waals surface area (Å²) in [5.74, 6) is -1.28. The van der Waals surface area contributed by atoms with Crippen molar-refractivity contribution in [3.8, 4) is 0 Å². The number of hydrogen-bond acceptors (Lipinski definition) is 7. The van der Waals surface area contributed by atoms with Gasteiger partial charge in [-0.25, -0.2) is 13.2 Å². The minimum absolute atomic E-state index is 0.227. The lowest BCUT2D eigenvalue weighted by Gasteiger charge is -2.03. The predicted molar refractivity (Wildman–Crippen MR) is 62.0 cm³/mol. The zero-order valence-electron chi connectivity index (χ0n) is 8.02. The molecule has 0 spiro atoms. The van der Waals surface area contributed by atoms with Gasteiger partial charge in [0.2, 0.25) is 0 Å². The first kappa shape index (κ1) is 12.0.